The first-order valence-corrected chi connectivity index (χ1v) is 13.7. The first-order valence-electron chi connectivity index (χ1n) is 12.6. The summed E-state index contributed by atoms with van der Waals surface area (Å²) in [6, 6.07) is 9.92. The van der Waals surface area contributed by atoms with Crippen LogP contribution >= 0.6 is 34.8 Å². The molecule has 0 heterocycles. The number of rotatable bonds is 9. The molecule has 6 heteroatoms. The van der Waals surface area contributed by atoms with Gasteiger partial charge < -0.3 is 14.8 Å². The van der Waals surface area contributed by atoms with Gasteiger partial charge in [0.1, 0.15) is 6.61 Å². The van der Waals surface area contributed by atoms with E-state index in [1.165, 1.54) is 38.5 Å². The SMILES string of the molecule is CCOc1cc(CNC(C)C23CC4CC(CC(C4)C2)C3)cc(Cl)c1OCc1ccc(Cl)cc1Cl. The summed E-state index contributed by atoms with van der Waals surface area (Å²) < 4.78 is 12.0. The molecular formula is C28H34Cl3NO2. The Labute approximate surface area is 218 Å². The highest BCUT2D eigenvalue weighted by molar-refractivity contribution is 6.35. The molecule has 4 saturated carbocycles. The lowest BCUT2D eigenvalue weighted by atomic mass is 9.48. The van der Waals surface area contributed by atoms with Crippen molar-refractivity contribution in [3.05, 3.63) is 56.5 Å². The van der Waals surface area contributed by atoms with E-state index in [1.807, 2.05) is 25.1 Å². The van der Waals surface area contributed by atoms with E-state index in [1.54, 1.807) is 12.1 Å². The Morgan fingerprint density at radius 2 is 1.62 bits per heavy atom. The standard InChI is InChI=1S/C28H34Cl3NO2/c1-3-33-26-10-21(9-25(31)27(26)34-16-22-4-5-23(29)11-24(22)30)15-32-17(2)28-12-18-6-19(13-28)8-20(7-18)14-28/h4-5,9-11,17-20,32H,3,6-8,12-16H2,1-2H3. The predicted molar refractivity (Wildman–Crippen MR) is 140 cm³/mol. The van der Waals surface area contributed by atoms with E-state index in [0.717, 1.165) is 35.4 Å². The molecule has 2 aromatic rings. The predicted octanol–water partition coefficient (Wildman–Crippen LogP) is 8.32. The van der Waals surface area contributed by atoms with Gasteiger partial charge in [-0.1, -0.05) is 40.9 Å². The second-order valence-corrected chi connectivity index (χ2v) is 12.0. The minimum atomic E-state index is 0.288. The number of halogens is 3. The van der Waals surface area contributed by atoms with Crippen molar-refractivity contribution >= 4 is 34.8 Å². The molecule has 0 radical (unpaired) electrons. The molecule has 0 saturated heterocycles. The summed E-state index contributed by atoms with van der Waals surface area (Å²) in [5.74, 6) is 4.09. The summed E-state index contributed by atoms with van der Waals surface area (Å²) in [6.45, 7) is 5.96. The van der Waals surface area contributed by atoms with E-state index < -0.39 is 0 Å². The molecule has 3 nitrogen and oxygen atoms in total. The smallest absolute Gasteiger partial charge is 0.180 e. The van der Waals surface area contributed by atoms with Gasteiger partial charge in [0.05, 0.1) is 11.6 Å². The molecular weight excluding hydrogens is 489 g/mol. The molecule has 1 atom stereocenters. The lowest BCUT2D eigenvalue weighted by Gasteiger charge is -2.59. The molecule has 0 aliphatic heterocycles. The maximum Gasteiger partial charge on any atom is 0.180 e. The minimum Gasteiger partial charge on any atom is -0.490 e. The van der Waals surface area contributed by atoms with Crippen LogP contribution in [0.25, 0.3) is 0 Å². The zero-order valence-electron chi connectivity index (χ0n) is 20.0. The highest BCUT2D eigenvalue weighted by Crippen LogP contribution is 2.61. The average Bonchev–Trinajstić information content (AvgIpc) is 2.77. The van der Waals surface area contributed by atoms with Gasteiger partial charge in [0, 0.05) is 28.2 Å². The van der Waals surface area contributed by atoms with Crippen molar-refractivity contribution in [1.29, 1.82) is 0 Å². The molecule has 4 bridgehead atoms. The second-order valence-electron chi connectivity index (χ2n) is 10.7. The van der Waals surface area contributed by atoms with Gasteiger partial charge in [-0.25, -0.2) is 0 Å². The van der Waals surface area contributed by atoms with Crippen molar-refractivity contribution < 1.29 is 9.47 Å². The molecule has 34 heavy (non-hydrogen) atoms. The highest BCUT2D eigenvalue weighted by Gasteiger charge is 2.52. The van der Waals surface area contributed by atoms with Gasteiger partial charge in [-0.15, -0.1) is 0 Å². The third-order valence-corrected chi connectivity index (χ3v) is 9.24. The van der Waals surface area contributed by atoms with Gasteiger partial charge in [0.15, 0.2) is 11.5 Å². The number of hydrogen-bond acceptors (Lipinski definition) is 3. The molecule has 4 aliphatic rings. The monoisotopic (exact) mass is 521 g/mol. The number of benzene rings is 2. The molecule has 1 N–H and O–H groups in total. The summed E-state index contributed by atoms with van der Waals surface area (Å²) in [7, 11) is 0. The van der Waals surface area contributed by atoms with Crippen LogP contribution in [0.5, 0.6) is 11.5 Å². The molecule has 4 aliphatic carbocycles. The summed E-state index contributed by atoms with van der Waals surface area (Å²) in [5, 5.41) is 5.58. The molecule has 0 amide bonds. The largest absolute Gasteiger partial charge is 0.490 e. The summed E-state index contributed by atoms with van der Waals surface area (Å²) >= 11 is 19.0. The third-order valence-electron chi connectivity index (χ3n) is 8.37. The molecule has 184 valence electrons. The molecule has 6 rings (SSSR count). The number of ether oxygens (including phenoxy) is 2. The van der Waals surface area contributed by atoms with Crippen LogP contribution in [0.2, 0.25) is 15.1 Å². The van der Waals surface area contributed by atoms with Crippen molar-refractivity contribution in [2.45, 2.75) is 71.6 Å². The van der Waals surface area contributed by atoms with Crippen molar-refractivity contribution in [2.24, 2.45) is 23.2 Å². The fraction of sp³-hybridized carbons (Fsp3) is 0.571. The van der Waals surface area contributed by atoms with Crippen LogP contribution in [0, 0.1) is 23.2 Å². The maximum absolute atomic E-state index is 6.69. The lowest BCUT2D eigenvalue weighted by Crippen LogP contribution is -2.54. The van der Waals surface area contributed by atoms with E-state index in [4.69, 9.17) is 44.3 Å². The van der Waals surface area contributed by atoms with Crippen molar-refractivity contribution in [3.8, 4) is 11.5 Å². The Balaban J connectivity index is 1.27. The van der Waals surface area contributed by atoms with Crippen LogP contribution in [0.4, 0.5) is 0 Å². The van der Waals surface area contributed by atoms with Crippen molar-refractivity contribution in [2.75, 3.05) is 6.61 Å². The van der Waals surface area contributed by atoms with E-state index in [0.29, 0.717) is 44.6 Å². The second kappa shape index (κ2) is 10.1. The summed E-state index contributed by atoms with van der Waals surface area (Å²) in [6.07, 6.45) is 8.63. The quantitative estimate of drug-likeness (QED) is 0.359. The molecule has 1 unspecified atom stereocenters. The fourth-order valence-electron chi connectivity index (χ4n) is 7.11. The van der Waals surface area contributed by atoms with E-state index >= 15 is 0 Å². The van der Waals surface area contributed by atoms with Crippen molar-refractivity contribution in [3.63, 3.8) is 0 Å². The van der Waals surface area contributed by atoms with Gasteiger partial charge in [-0.2, -0.15) is 0 Å². The van der Waals surface area contributed by atoms with Gasteiger partial charge in [0.2, 0.25) is 0 Å². The highest BCUT2D eigenvalue weighted by atomic mass is 35.5. The zero-order valence-corrected chi connectivity index (χ0v) is 22.3. The molecule has 0 aromatic heterocycles. The normalized spacial score (nSPS) is 28.2. The first kappa shape index (κ1) is 24.6. The fourth-order valence-corrected chi connectivity index (χ4v) is 7.86. The third kappa shape index (κ3) is 5.05. The molecule has 2 aromatic carbocycles. The van der Waals surface area contributed by atoms with Gasteiger partial charge >= 0.3 is 0 Å². The first-order chi connectivity index (χ1) is 16.3. The minimum absolute atomic E-state index is 0.288. The zero-order chi connectivity index (χ0) is 23.9. The Bertz CT molecular complexity index is 1010. The molecule has 0 spiro atoms. The Kier molecular flexibility index (Phi) is 7.29. The summed E-state index contributed by atoms with van der Waals surface area (Å²) in [5.41, 5.74) is 2.43. The van der Waals surface area contributed by atoms with Gasteiger partial charge in [0.25, 0.3) is 0 Å². The van der Waals surface area contributed by atoms with Crippen LogP contribution in [0.3, 0.4) is 0 Å². The average molecular weight is 523 g/mol. The maximum atomic E-state index is 6.69. The van der Waals surface area contributed by atoms with E-state index in [2.05, 4.69) is 12.2 Å². The number of nitrogens with one attached hydrogen (secondary N) is 1. The van der Waals surface area contributed by atoms with Crippen LogP contribution < -0.4 is 14.8 Å². The summed E-state index contributed by atoms with van der Waals surface area (Å²) in [4.78, 5) is 0. The van der Waals surface area contributed by atoms with Crippen LogP contribution in [-0.2, 0) is 13.2 Å². The van der Waals surface area contributed by atoms with Crippen molar-refractivity contribution in [1.82, 2.24) is 5.32 Å². The lowest BCUT2D eigenvalue weighted by molar-refractivity contribution is -0.0706. The number of hydrogen-bond donors (Lipinski definition) is 1. The van der Waals surface area contributed by atoms with Crippen LogP contribution in [0.1, 0.15) is 63.5 Å². The topological polar surface area (TPSA) is 30.5 Å². The van der Waals surface area contributed by atoms with E-state index in [-0.39, 0.29) is 6.61 Å². The van der Waals surface area contributed by atoms with Gasteiger partial charge in [-0.3, -0.25) is 0 Å². The van der Waals surface area contributed by atoms with Crippen LogP contribution in [-0.4, -0.2) is 12.6 Å². The van der Waals surface area contributed by atoms with E-state index in [9.17, 15) is 0 Å². The Morgan fingerprint density at radius 3 is 2.24 bits per heavy atom. The van der Waals surface area contributed by atoms with Gasteiger partial charge in [-0.05, 0) is 105 Å². The van der Waals surface area contributed by atoms with Crippen LogP contribution in [0.15, 0.2) is 30.3 Å². The Hall–Kier alpha value is -1.13. The Morgan fingerprint density at radius 1 is 0.941 bits per heavy atom. The molecule has 4 fully saturated rings.